The summed E-state index contributed by atoms with van der Waals surface area (Å²) in [6, 6.07) is 6.31. The van der Waals surface area contributed by atoms with E-state index in [9.17, 15) is 13.2 Å². The Balaban J connectivity index is 2.05. The third-order valence-corrected chi connectivity index (χ3v) is 3.36. The summed E-state index contributed by atoms with van der Waals surface area (Å²) in [4.78, 5) is 4.01. The van der Waals surface area contributed by atoms with Gasteiger partial charge in [-0.05, 0) is 52.2 Å². The molecule has 0 bridgehead atoms. The average Bonchev–Trinajstić information content (AvgIpc) is 2.39. The van der Waals surface area contributed by atoms with Gasteiger partial charge in [0.25, 0.3) is 0 Å². The van der Waals surface area contributed by atoms with Gasteiger partial charge < -0.3 is 10.1 Å². The minimum atomic E-state index is -4.70. The summed E-state index contributed by atoms with van der Waals surface area (Å²) in [6.45, 7) is 2.41. The molecule has 0 aliphatic rings. The summed E-state index contributed by atoms with van der Waals surface area (Å²) in [5.74, 6) is -0.260. The zero-order valence-corrected chi connectivity index (χ0v) is 12.6. The Kier molecular flexibility index (Phi) is 4.72. The van der Waals surface area contributed by atoms with E-state index in [0.29, 0.717) is 6.54 Å². The molecule has 2 rings (SSSR count). The number of alkyl halides is 3. The zero-order valence-electron chi connectivity index (χ0n) is 11.0. The molecule has 0 fully saturated rings. The van der Waals surface area contributed by atoms with Crippen LogP contribution in [-0.2, 0) is 6.54 Å². The lowest BCUT2D eigenvalue weighted by Gasteiger charge is -2.12. The van der Waals surface area contributed by atoms with Crippen molar-refractivity contribution in [1.29, 1.82) is 0 Å². The molecule has 1 heterocycles. The molecule has 0 radical (unpaired) electrons. The molecule has 0 saturated heterocycles. The minimum Gasteiger partial charge on any atom is -0.405 e. The second-order valence-electron chi connectivity index (χ2n) is 4.36. The minimum absolute atomic E-state index is 0.252. The molecule has 0 atom stereocenters. The molecule has 2 aromatic rings. The normalized spacial score (nSPS) is 11.3. The number of halogens is 4. The predicted molar refractivity (Wildman–Crippen MR) is 77.1 cm³/mol. The van der Waals surface area contributed by atoms with E-state index in [-0.39, 0.29) is 10.2 Å². The molecule has 3 nitrogen and oxygen atoms in total. The van der Waals surface area contributed by atoms with E-state index < -0.39 is 6.36 Å². The van der Waals surface area contributed by atoms with Crippen molar-refractivity contribution in [2.75, 3.05) is 5.32 Å². The zero-order chi connectivity index (χ0) is 15.5. The van der Waals surface area contributed by atoms with Gasteiger partial charge in [0, 0.05) is 12.7 Å². The smallest absolute Gasteiger partial charge is 0.405 e. The van der Waals surface area contributed by atoms with Crippen LogP contribution in [0.3, 0.4) is 0 Å². The van der Waals surface area contributed by atoms with Crippen LogP contribution in [0.1, 0.15) is 11.1 Å². The Morgan fingerprint density at radius 3 is 2.67 bits per heavy atom. The van der Waals surface area contributed by atoms with Gasteiger partial charge in [0.1, 0.15) is 5.75 Å². The predicted octanol–water partition coefficient (Wildman–Crippen LogP) is 4.66. The molecule has 112 valence electrons. The van der Waals surface area contributed by atoms with Crippen LogP contribution in [0, 0.1) is 6.92 Å². The van der Waals surface area contributed by atoms with Crippen LogP contribution in [0.15, 0.2) is 41.1 Å². The highest BCUT2D eigenvalue weighted by atomic mass is 79.9. The van der Waals surface area contributed by atoms with Crippen molar-refractivity contribution >= 4 is 21.6 Å². The Morgan fingerprint density at radius 2 is 2.05 bits per heavy atom. The summed E-state index contributed by atoms with van der Waals surface area (Å²) in [5, 5.41) is 3.18. The Morgan fingerprint density at radius 1 is 1.29 bits per heavy atom. The Hall–Kier alpha value is -1.76. The molecule has 0 aliphatic carbocycles. The SMILES string of the molecule is Cc1ccncc1NCc1ccc(OC(F)(F)F)c(Br)c1. The molecule has 7 heteroatoms. The topological polar surface area (TPSA) is 34.2 Å². The van der Waals surface area contributed by atoms with Crippen molar-refractivity contribution in [2.45, 2.75) is 19.8 Å². The fourth-order valence-electron chi connectivity index (χ4n) is 1.71. The first-order valence-corrected chi connectivity index (χ1v) is 6.83. The molecular weight excluding hydrogens is 349 g/mol. The van der Waals surface area contributed by atoms with Crippen LogP contribution in [0.2, 0.25) is 0 Å². The molecule has 1 N–H and O–H groups in total. The van der Waals surface area contributed by atoms with E-state index >= 15 is 0 Å². The maximum absolute atomic E-state index is 12.2. The van der Waals surface area contributed by atoms with Crippen molar-refractivity contribution in [2.24, 2.45) is 0 Å². The molecule has 0 unspecified atom stereocenters. The number of ether oxygens (including phenoxy) is 1. The van der Waals surface area contributed by atoms with Crippen LogP contribution in [-0.4, -0.2) is 11.3 Å². The van der Waals surface area contributed by atoms with Gasteiger partial charge >= 0.3 is 6.36 Å². The molecular formula is C14H12BrF3N2O. The van der Waals surface area contributed by atoms with E-state index in [1.54, 1.807) is 24.5 Å². The Labute approximate surface area is 128 Å². The summed E-state index contributed by atoms with van der Waals surface area (Å²) >= 11 is 3.08. The second-order valence-corrected chi connectivity index (χ2v) is 5.21. The van der Waals surface area contributed by atoms with E-state index in [1.807, 2.05) is 13.0 Å². The van der Waals surface area contributed by atoms with Crippen LogP contribution in [0.25, 0.3) is 0 Å². The number of nitrogens with zero attached hydrogens (tertiary/aromatic N) is 1. The number of benzene rings is 1. The van der Waals surface area contributed by atoms with Crippen molar-refractivity contribution in [1.82, 2.24) is 4.98 Å². The summed E-state index contributed by atoms with van der Waals surface area (Å²) < 4.78 is 40.7. The third-order valence-electron chi connectivity index (χ3n) is 2.74. The van der Waals surface area contributed by atoms with Gasteiger partial charge in [-0.15, -0.1) is 13.2 Å². The first kappa shape index (κ1) is 15.6. The molecule has 1 aromatic heterocycles. The van der Waals surface area contributed by atoms with Gasteiger partial charge in [0.2, 0.25) is 0 Å². The number of aromatic nitrogens is 1. The molecule has 0 saturated carbocycles. The van der Waals surface area contributed by atoms with E-state index in [2.05, 4.69) is 31.0 Å². The fourth-order valence-corrected chi connectivity index (χ4v) is 2.22. The molecule has 1 aromatic carbocycles. The van der Waals surface area contributed by atoms with E-state index in [0.717, 1.165) is 16.8 Å². The lowest BCUT2D eigenvalue weighted by molar-refractivity contribution is -0.274. The van der Waals surface area contributed by atoms with Crippen molar-refractivity contribution in [3.05, 3.63) is 52.3 Å². The Bertz CT molecular complexity index is 632. The highest BCUT2D eigenvalue weighted by Gasteiger charge is 2.31. The first-order valence-electron chi connectivity index (χ1n) is 6.04. The van der Waals surface area contributed by atoms with Crippen molar-refractivity contribution in [3.63, 3.8) is 0 Å². The highest BCUT2D eigenvalue weighted by Crippen LogP contribution is 2.31. The van der Waals surface area contributed by atoms with Gasteiger partial charge in [-0.3, -0.25) is 4.98 Å². The largest absolute Gasteiger partial charge is 0.573 e. The standard InChI is InChI=1S/C14H12BrF3N2O/c1-9-4-5-19-8-12(9)20-7-10-2-3-13(11(15)6-10)21-14(16,17)18/h2-6,8,20H,7H2,1H3. The first-order chi connectivity index (χ1) is 9.85. The lowest BCUT2D eigenvalue weighted by atomic mass is 10.2. The quantitative estimate of drug-likeness (QED) is 0.860. The van der Waals surface area contributed by atoms with Gasteiger partial charge in [0.05, 0.1) is 16.4 Å². The number of hydrogen-bond donors (Lipinski definition) is 1. The fraction of sp³-hybridized carbons (Fsp3) is 0.214. The molecule has 0 spiro atoms. The highest BCUT2D eigenvalue weighted by molar-refractivity contribution is 9.10. The van der Waals surface area contributed by atoms with Crippen molar-refractivity contribution < 1.29 is 17.9 Å². The summed E-state index contributed by atoms with van der Waals surface area (Å²) in [6.07, 6.45) is -1.30. The van der Waals surface area contributed by atoms with Crippen LogP contribution < -0.4 is 10.1 Å². The maximum atomic E-state index is 12.2. The number of hydrogen-bond acceptors (Lipinski definition) is 3. The number of aryl methyl sites for hydroxylation is 1. The second kappa shape index (κ2) is 6.34. The molecule has 21 heavy (non-hydrogen) atoms. The average molecular weight is 361 g/mol. The van der Waals surface area contributed by atoms with Crippen LogP contribution >= 0.6 is 15.9 Å². The summed E-state index contributed by atoms with van der Waals surface area (Å²) in [7, 11) is 0. The maximum Gasteiger partial charge on any atom is 0.573 e. The lowest BCUT2D eigenvalue weighted by Crippen LogP contribution is -2.17. The molecule has 0 amide bonds. The van der Waals surface area contributed by atoms with E-state index in [4.69, 9.17) is 0 Å². The summed E-state index contributed by atoms with van der Waals surface area (Å²) in [5.41, 5.74) is 2.74. The van der Waals surface area contributed by atoms with Gasteiger partial charge in [0.15, 0.2) is 0 Å². The number of pyridine rings is 1. The van der Waals surface area contributed by atoms with Gasteiger partial charge in [-0.1, -0.05) is 6.07 Å². The van der Waals surface area contributed by atoms with E-state index in [1.165, 1.54) is 6.07 Å². The van der Waals surface area contributed by atoms with Crippen LogP contribution in [0.5, 0.6) is 5.75 Å². The van der Waals surface area contributed by atoms with Crippen LogP contribution in [0.4, 0.5) is 18.9 Å². The molecule has 0 aliphatic heterocycles. The van der Waals surface area contributed by atoms with Crippen molar-refractivity contribution in [3.8, 4) is 5.75 Å². The van der Waals surface area contributed by atoms with Gasteiger partial charge in [-0.2, -0.15) is 0 Å². The monoisotopic (exact) mass is 360 g/mol. The third kappa shape index (κ3) is 4.63. The number of anilines is 1. The number of nitrogens with one attached hydrogen (secondary N) is 1. The van der Waals surface area contributed by atoms with Gasteiger partial charge in [-0.25, -0.2) is 0 Å². The number of rotatable bonds is 4.